The second-order valence-corrected chi connectivity index (χ2v) is 8.11. The Kier molecular flexibility index (Phi) is 7.36. The Morgan fingerprint density at radius 1 is 1.19 bits per heavy atom. The summed E-state index contributed by atoms with van der Waals surface area (Å²) < 4.78 is 5.17. The number of benzene rings is 1. The monoisotopic (exact) mass is 389 g/mol. The third-order valence-corrected chi connectivity index (χ3v) is 4.62. The second kappa shape index (κ2) is 9.50. The number of rotatable bonds is 8. The van der Waals surface area contributed by atoms with Crippen LogP contribution in [0.1, 0.15) is 54.9 Å². The number of carbonyl (C=O) groups is 2. The zero-order valence-electron chi connectivity index (χ0n) is 16.3. The minimum Gasteiger partial charge on any atom is -0.444 e. The number of hydrogen-bond acceptors (Lipinski definition) is 6. The van der Waals surface area contributed by atoms with E-state index in [1.807, 2.05) is 52.0 Å². The molecule has 2 rings (SSSR count). The van der Waals surface area contributed by atoms with Crippen LogP contribution in [0.3, 0.4) is 0 Å². The number of aromatic nitrogens is 1. The van der Waals surface area contributed by atoms with Gasteiger partial charge in [0.25, 0.3) is 0 Å². The number of anilines is 1. The summed E-state index contributed by atoms with van der Waals surface area (Å²) in [7, 11) is 0. The van der Waals surface area contributed by atoms with Crippen molar-refractivity contribution in [1.29, 1.82) is 0 Å². The molecule has 7 heteroatoms. The van der Waals surface area contributed by atoms with E-state index in [0.717, 1.165) is 24.0 Å². The summed E-state index contributed by atoms with van der Waals surface area (Å²) in [4.78, 5) is 29.1. The smallest absolute Gasteiger partial charge is 0.407 e. The Morgan fingerprint density at radius 2 is 1.93 bits per heavy atom. The molecule has 27 heavy (non-hydrogen) atoms. The van der Waals surface area contributed by atoms with E-state index in [1.54, 1.807) is 6.20 Å². The Morgan fingerprint density at radius 3 is 2.63 bits per heavy atom. The highest BCUT2D eigenvalue weighted by Gasteiger charge is 2.16. The standard InChI is InChI=1S/C20H27N3O3S/c1-5-14-9-6-7-10-15(14)17(24)16-13-23-18(27-16)21-11-8-12-22-19(25)26-20(2,3)4/h6-7,9-10,13H,5,8,11-12H2,1-4H3,(H,21,23)(H,22,25). The lowest BCUT2D eigenvalue weighted by atomic mass is 10.0. The third kappa shape index (κ3) is 6.67. The van der Waals surface area contributed by atoms with E-state index in [9.17, 15) is 9.59 Å². The third-order valence-electron chi connectivity index (χ3n) is 3.67. The Labute approximate surface area is 164 Å². The van der Waals surface area contributed by atoms with Crippen LogP contribution in [0.2, 0.25) is 0 Å². The average Bonchev–Trinajstić information content (AvgIpc) is 3.08. The molecule has 0 aliphatic heterocycles. The fourth-order valence-electron chi connectivity index (χ4n) is 2.43. The van der Waals surface area contributed by atoms with Gasteiger partial charge in [0.15, 0.2) is 5.13 Å². The highest BCUT2D eigenvalue weighted by molar-refractivity contribution is 7.17. The highest BCUT2D eigenvalue weighted by atomic mass is 32.1. The lowest BCUT2D eigenvalue weighted by molar-refractivity contribution is 0.0527. The first-order valence-corrected chi connectivity index (χ1v) is 9.91. The van der Waals surface area contributed by atoms with Gasteiger partial charge in [0.1, 0.15) is 5.60 Å². The molecule has 1 heterocycles. The molecule has 2 aromatic rings. The Hall–Kier alpha value is -2.41. The Bertz CT molecular complexity index is 781. The molecule has 2 N–H and O–H groups in total. The van der Waals surface area contributed by atoms with E-state index >= 15 is 0 Å². The number of nitrogens with zero attached hydrogens (tertiary/aromatic N) is 1. The van der Waals surface area contributed by atoms with Crippen molar-refractivity contribution in [3.05, 3.63) is 46.5 Å². The van der Waals surface area contributed by atoms with Crippen LogP contribution in [0.5, 0.6) is 0 Å². The fourth-order valence-corrected chi connectivity index (χ4v) is 3.23. The summed E-state index contributed by atoms with van der Waals surface area (Å²) in [6, 6.07) is 7.66. The maximum Gasteiger partial charge on any atom is 0.407 e. The van der Waals surface area contributed by atoms with Gasteiger partial charge in [-0.05, 0) is 39.2 Å². The normalized spacial score (nSPS) is 11.1. The largest absolute Gasteiger partial charge is 0.444 e. The maximum atomic E-state index is 12.7. The molecule has 0 spiro atoms. The summed E-state index contributed by atoms with van der Waals surface area (Å²) in [5.74, 6) is 0.00425. The predicted octanol–water partition coefficient (Wildman–Crippen LogP) is 4.26. The van der Waals surface area contributed by atoms with Crippen LogP contribution in [0.4, 0.5) is 9.93 Å². The average molecular weight is 390 g/mol. The maximum absolute atomic E-state index is 12.7. The van der Waals surface area contributed by atoms with Crippen LogP contribution in [-0.2, 0) is 11.2 Å². The van der Waals surface area contributed by atoms with Gasteiger partial charge in [0.05, 0.1) is 11.1 Å². The molecule has 0 aliphatic rings. The van der Waals surface area contributed by atoms with Crippen molar-refractivity contribution in [2.24, 2.45) is 0 Å². The van der Waals surface area contributed by atoms with Crippen LogP contribution in [-0.4, -0.2) is 35.6 Å². The fraction of sp³-hybridized carbons (Fsp3) is 0.450. The van der Waals surface area contributed by atoms with Crippen LogP contribution < -0.4 is 10.6 Å². The molecule has 0 atom stereocenters. The van der Waals surface area contributed by atoms with Crippen molar-refractivity contribution in [3.63, 3.8) is 0 Å². The molecule has 0 aliphatic carbocycles. The first-order valence-electron chi connectivity index (χ1n) is 9.09. The second-order valence-electron chi connectivity index (χ2n) is 7.08. The summed E-state index contributed by atoms with van der Waals surface area (Å²) >= 11 is 1.34. The van der Waals surface area contributed by atoms with Gasteiger partial charge in [-0.25, -0.2) is 9.78 Å². The van der Waals surface area contributed by atoms with Gasteiger partial charge in [-0.15, -0.1) is 0 Å². The van der Waals surface area contributed by atoms with Gasteiger partial charge >= 0.3 is 6.09 Å². The van der Waals surface area contributed by atoms with E-state index in [-0.39, 0.29) is 5.78 Å². The summed E-state index contributed by atoms with van der Waals surface area (Å²) in [6.07, 6.45) is 2.73. The number of aryl methyl sites for hydroxylation is 1. The zero-order chi connectivity index (χ0) is 19.9. The van der Waals surface area contributed by atoms with E-state index in [4.69, 9.17) is 4.74 Å². The lowest BCUT2D eigenvalue weighted by Crippen LogP contribution is -2.33. The van der Waals surface area contributed by atoms with Gasteiger partial charge in [0, 0.05) is 18.7 Å². The first-order chi connectivity index (χ1) is 12.8. The molecule has 0 saturated carbocycles. The Balaban J connectivity index is 1.79. The summed E-state index contributed by atoms with van der Waals surface area (Å²) in [5.41, 5.74) is 1.28. The van der Waals surface area contributed by atoms with Crippen molar-refractivity contribution < 1.29 is 14.3 Å². The molecule has 1 aromatic heterocycles. The molecule has 0 radical (unpaired) electrons. The number of hydrogen-bond donors (Lipinski definition) is 2. The van der Waals surface area contributed by atoms with Gasteiger partial charge < -0.3 is 15.4 Å². The summed E-state index contributed by atoms with van der Waals surface area (Å²) in [5, 5.41) is 6.59. The van der Waals surface area contributed by atoms with Gasteiger partial charge in [-0.2, -0.15) is 0 Å². The number of thiazole rings is 1. The molecule has 6 nitrogen and oxygen atoms in total. The van der Waals surface area contributed by atoms with Crippen molar-refractivity contribution in [2.45, 2.75) is 46.1 Å². The SMILES string of the molecule is CCc1ccccc1C(=O)c1cnc(NCCCNC(=O)OC(C)(C)C)s1. The molecule has 146 valence electrons. The lowest BCUT2D eigenvalue weighted by Gasteiger charge is -2.19. The molecule has 1 amide bonds. The molecule has 0 saturated heterocycles. The minimum atomic E-state index is -0.497. The molecular weight excluding hydrogens is 362 g/mol. The van der Waals surface area contributed by atoms with Gasteiger partial charge in [-0.3, -0.25) is 4.79 Å². The number of ketones is 1. The van der Waals surface area contributed by atoms with Crippen molar-refractivity contribution >= 4 is 28.3 Å². The van der Waals surface area contributed by atoms with Crippen LogP contribution in [0, 0.1) is 0 Å². The molecule has 0 fully saturated rings. The molecule has 0 unspecified atom stereocenters. The summed E-state index contributed by atoms with van der Waals surface area (Å²) in [6.45, 7) is 8.67. The van der Waals surface area contributed by atoms with Crippen molar-refractivity contribution in [3.8, 4) is 0 Å². The van der Waals surface area contributed by atoms with E-state index in [0.29, 0.717) is 23.1 Å². The van der Waals surface area contributed by atoms with E-state index in [2.05, 4.69) is 15.6 Å². The number of amides is 1. The molecular formula is C20H27N3O3S. The number of ether oxygens (including phenoxy) is 1. The van der Waals surface area contributed by atoms with Crippen LogP contribution >= 0.6 is 11.3 Å². The zero-order valence-corrected chi connectivity index (χ0v) is 17.1. The van der Waals surface area contributed by atoms with Gasteiger partial charge in [0.2, 0.25) is 5.78 Å². The molecule has 1 aromatic carbocycles. The molecule has 0 bridgehead atoms. The van der Waals surface area contributed by atoms with Crippen LogP contribution in [0.15, 0.2) is 30.5 Å². The first kappa shape index (κ1) is 20.9. The van der Waals surface area contributed by atoms with Crippen molar-refractivity contribution in [2.75, 3.05) is 18.4 Å². The van der Waals surface area contributed by atoms with Crippen molar-refractivity contribution in [1.82, 2.24) is 10.3 Å². The predicted molar refractivity (Wildman–Crippen MR) is 109 cm³/mol. The number of carbonyl (C=O) groups excluding carboxylic acids is 2. The van der Waals surface area contributed by atoms with E-state index < -0.39 is 11.7 Å². The number of alkyl carbamates (subject to hydrolysis) is 1. The minimum absolute atomic E-state index is 0.00425. The highest BCUT2D eigenvalue weighted by Crippen LogP contribution is 2.23. The quantitative estimate of drug-likeness (QED) is 0.521. The van der Waals surface area contributed by atoms with Gasteiger partial charge in [-0.1, -0.05) is 42.5 Å². The number of nitrogens with one attached hydrogen (secondary N) is 2. The topological polar surface area (TPSA) is 80.3 Å². The van der Waals surface area contributed by atoms with E-state index in [1.165, 1.54) is 11.3 Å². The van der Waals surface area contributed by atoms with Crippen LogP contribution in [0.25, 0.3) is 0 Å².